The maximum absolute atomic E-state index is 15.1. The Morgan fingerprint density at radius 3 is 2.25 bits per heavy atom. The molecule has 0 radical (unpaired) electrons. The fraction of sp³-hybridized carbons (Fsp3) is 0.194. The predicted molar refractivity (Wildman–Crippen MR) is 155 cm³/mol. The summed E-state index contributed by atoms with van der Waals surface area (Å²) in [6.45, 7) is 1.09. The number of fused-ring (bicyclic) bond motifs is 1. The molecule has 13 heteroatoms. The zero-order chi connectivity index (χ0) is 30.8. The number of aromatic nitrogens is 5. The zero-order valence-corrected chi connectivity index (χ0v) is 23.6. The van der Waals surface area contributed by atoms with Gasteiger partial charge in [-0.1, -0.05) is 41.5 Å². The maximum Gasteiger partial charge on any atom is 0.337 e. The monoisotopic (exact) mass is 595 g/mol. The number of hydrogen-bond donors (Lipinski definition) is 0. The van der Waals surface area contributed by atoms with Gasteiger partial charge in [-0.05, 0) is 47.2 Å². The van der Waals surface area contributed by atoms with Crippen LogP contribution in [-0.4, -0.2) is 91.4 Å². The third kappa shape index (κ3) is 5.42. The highest BCUT2D eigenvalue weighted by atomic mass is 19.1. The number of ketones is 1. The van der Waals surface area contributed by atoms with Gasteiger partial charge in [-0.2, -0.15) is 4.80 Å². The number of halogens is 1. The second-order valence-electron chi connectivity index (χ2n) is 10.1. The smallest absolute Gasteiger partial charge is 0.337 e. The molecule has 0 N–H and O–H groups in total. The molecule has 3 aromatic carbocycles. The number of esters is 1. The molecule has 12 nitrogen and oxygen atoms in total. The van der Waals surface area contributed by atoms with E-state index < -0.39 is 23.5 Å². The molecule has 5 aromatic rings. The first kappa shape index (κ1) is 28.4. The number of rotatable bonds is 7. The number of ether oxygens (including phenoxy) is 1. The van der Waals surface area contributed by atoms with Crippen molar-refractivity contribution in [1.82, 2.24) is 34.6 Å². The number of piperazine rings is 1. The minimum Gasteiger partial charge on any atom is -0.465 e. The normalized spacial score (nSPS) is 13.2. The highest BCUT2D eigenvalue weighted by molar-refractivity contribution is 6.45. The topological polar surface area (TPSA) is 133 Å². The highest BCUT2D eigenvalue weighted by Crippen LogP contribution is 2.27. The van der Waals surface area contributed by atoms with E-state index in [1.165, 1.54) is 39.7 Å². The molecular weight excluding hydrogens is 569 g/mol. The highest BCUT2D eigenvalue weighted by Gasteiger charge is 2.31. The molecule has 1 fully saturated rings. The first-order chi connectivity index (χ1) is 21.3. The fourth-order valence-electron chi connectivity index (χ4n) is 5.14. The molecule has 0 aliphatic carbocycles. The van der Waals surface area contributed by atoms with Gasteiger partial charge in [-0.25, -0.2) is 9.18 Å². The lowest BCUT2D eigenvalue weighted by atomic mass is 10.1. The van der Waals surface area contributed by atoms with Gasteiger partial charge < -0.3 is 14.5 Å². The van der Waals surface area contributed by atoms with Crippen molar-refractivity contribution in [1.29, 1.82) is 0 Å². The summed E-state index contributed by atoms with van der Waals surface area (Å²) in [7, 11) is 1.31. The number of tetrazole rings is 1. The first-order valence-corrected chi connectivity index (χ1v) is 13.8. The summed E-state index contributed by atoms with van der Waals surface area (Å²) in [5, 5.41) is 12.5. The average Bonchev–Trinajstić information content (AvgIpc) is 3.69. The van der Waals surface area contributed by atoms with Crippen molar-refractivity contribution >= 4 is 34.5 Å². The summed E-state index contributed by atoms with van der Waals surface area (Å²) < 4.78 is 21.3. The van der Waals surface area contributed by atoms with Crippen molar-refractivity contribution in [2.24, 2.45) is 0 Å². The van der Waals surface area contributed by atoms with Crippen molar-refractivity contribution in [3.63, 3.8) is 0 Å². The van der Waals surface area contributed by atoms with Crippen LogP contribution in [0.15, 0.2) is 79.0 Å². The van der Waals surface area contributed by atoms with E-state index in [1.807, 2.05) is 6.07 Å². The van der Waals surface area contributed by atoms with Crippen LogP contribution in [0.1, 0.15) is 36.6 Å². The largest absolute Gasteiger partial charge is 0.465 e. The van der Waals surface area contributed by atoms with Gasteiger partial charge in [0.25, 0.3) is 23.5 Å². The van der Waals surface area contributed by atoms with E-state index in [4.69, 9.17) is 4.74 Å². The number of amides is 2. The minimum atomic E-state index is -0.875. The number of hydrogen-bond acceptors (Lipinski definition) is 8. The van der Waals surface area contributed by atoms with Gasteiger partial charge in [0, 0.05) is 43.3 Å². The summed E-state index contributed by atoms with van der Waals surface area (Å²) in [6.07, 6.45) is 1.34. The molecule has 1 aliphatic heterocycles. The van der Waals surface area contributed by atoms with E-state index in [2.05, 4.69) is 15.4 Å². The van der Waals surface area contributed by atoms with Crippen LogP contribution in [0, 0.1) is 5.82 Å². The molecule has 222 valence electrons. The quantitative estimate of drug-likeness (QED) is 0.159. The van der Waals surface area contributed by atoms with Crippen LogP contribution in [0.2, 0.25) is 0 Å². The van der Waals surface area contributed by atoms with Gasteiger partial charge in [0.1, 0.15) is 5.82 Å². The van der Waals surface area contributed by atoms with Gasteiger partial charge >= 0.3 is 5.97 Å². The van der Waals surface area contributed by atoms with E-state index in [0.29, 0.717) is 16.6 Å². The molecule has 44 heavy (non-hydrogen) atoms. The van der Waals surface area contributed by atoms with Crippen LogP contribution in [-0.2, 0) is 16.1 Å². The Morgan fingerprint density at radius 1 is 0.841 bits per heavy atom. The lowest BCUT2D eigenvalue weighted by Crippen LogP contribution is -2.52. The lowest BCUT2D eigenvalue weighted by molar-refractivity contribution is -0.127. The van der Waals surface area contributed by atoms with Crippen LogP contribution in [0.4, 0.5) is 4.39 Å². The number of Topliss-reactive ketones (excluding diaryl/α,β-unsaturated/α-hetero) is 1. The first-order valence-electron chi connectivity index (χ1n) is 13.8. The average molecular weight is 596 g/mol. The Labute approximate surface area is 250 Å². The summed E-state index contributed by atoms with van der Waals surface area (Å²) in [6, 6.07) is 19.8. The Kier molecular flexibility index (Phi) is 7.67. The van der Waals surface area contributed by atoms with E-state index in [9.17, 15) is 19.2 Å². The van der Waals surface area contributed by atoms with Gasteiger partial charge in [-0.15, -0.1) is 5.10 Å². The molecule has 0 atom stereocenters. The molecular formula is C31H26FN7O5. The molecule has 2 amide bonds. The lowest BCUT2D eigenvalue weighted by Gasteiger charge is -2.34. The number of carbonyl (C=O) groups excluding carboxylic acids is 4. The Balaban J connectivity index is 1.20. The molecule has 2 aromatic heterocycles. The molecule has 0 spiro atoms. The molecule has 0 unspecified atom stereocenters. The number of nitrogens with zero attached hydrogens (tertiary/aromatic N) is 7. The number of carbonyl (C=O) groups is 4. The summed E-state index contributed by atoms with van der Waals surface area (Å²) in [5.74, 6) is -2.85. The fourth-order valence-corrected chi connectivity index (χ4v) is 5.14. The van der Waals surface area contributed by atoms with Gasteiger partial charge in [0.2, 0.25) is 0 Å². The van der Waals surface area contributed by atoms with Gasteiger partial charge in [0.05, 0.1) is 30.3 Å². The summed E-state index contributed by atoms with van der Waals surface area (Å²) in [5.41, 5.74) is 1.91. The van der Waals surface area contributed by atoms with Crippen molar-refractivity contribution < 1.29 is 28.3 Å². The van der Waals surface area contributed by atoms with Gasteiger partial charge in [-0.3, -0.25) is 19.0 Å². The standard InChI is InChI=1S/C31H26FN7O5/c1-44-30(43)22-12-10-20(11-13-22)18-39-34-31(33-35-39)38-19-23(26-24(32)8-5-9-25(26)38)27(40)29(42)37-16-14-36(15-17-37)28(41)21-6-3-2-4-7-21/h2-13,19H,14-18H2,1H3. The van der Waals surface area contributed by atoms with Crippen LogP contribution in [0.25, 0.3) is 16.9 Å². The van der Waals surface area contributed by atoms with Crippen molar-refractivity contribution in [3.8, 4) is 5.95 Å². The third-order valence-electron chi connectivity index (χ3n) is 7.45. The van der Waals surface area contributed by atoms with Crippen LogP contribution >= 0.6 is 0 Å². The van der Waals surface area contributed by atoms with Gasteiger partial charge in [0.15, 0.2) is 0 Å². The molecule has 3 heterocycles. The number of methoxy groups -OCH3 is 1. The summed E-state index contributed by atoms with van der Waals surface area (Å²) in [4.78, 5) is 55.6. The van der Waals surface area contributed by atoms with E-state index >= 15 is 4.39 Å². The van der Waals surface area contributed by atoms with E-state index in [-0.39, 0.29) is 55.5 Å². The molecule has 1 saturated heterocycles. The third-order valence-corrected chi connectivity index (χ3v) is 7.45. The maximum atomic E-state index is 15.1. The molecule has 1 aliphatic rings. The Bertz CT molecular complexity index is 1880. The molecule has 0 saturated carbocycles. The van der Waals surface area contributed by atoms with Crippen LogP contribution in [0.5, 0.6) is 0 Å². The van der Waals surface area contributed by atoms with Crippen molar-refractivity contribution in [2.75, 3.05) is 33.3 Å². The minimum absolute atomic E-state index is 0.0292. The van der Waals surface area contributed by atoms with E-state index in [1.54, 1.807) is 59.5 Å². The molecule has 0 bridgehead atoms. The second kappa shape index (κ2) is 11.9. The number of benzene rings is 3. The molecule has 6 rings (SSSR count). The van der Waals surface area contributed by atoms with Crippen molar-refractivity contribution in [2.45, 2.75) is 6.54 Å². The zero-order valence-electron chi connectivity index (χ0n) is 23.6. The Hall–Kier alpha value is -5.72. The SMILES string of the molecule is COC(=O)c1ccc(Cn2nnc(-n3cc(C(=O)C(=O)N4CCN(C(=O)c5ccccc5)CC4)c4c(F)cccc43)n2)cc1. The van der Waals surface area contributed by atoms with Crippen LogP contribution < -0.4 is 0 Å². The summed E-state index contributed by atoms with van der Waals surface area (Å²) >= 11 is 0. The predicted octanol–water partition coefficient (Wildman–Crippen LogP) is 2.76. The Morgan fingerprint density at radius 2 is 1.55 bits per heavy atom. The van der Waals surface area contributed by atoms with E-state index in [0.717, 1.165) is 5.56 Å². The van der Waals surface area contributed by atoms with Crippen LogP contribution in [0.3, 0.4) is 0 Å². The second-order valence-corrected chi connectivity index (χ2v) is 10.1. The van der Waals surface area contributed by atoms with Crippen molar-refractivity contribution in [3.05, 3.63) is 107 Å².